The number of para-hydroxylation sites is 2. The highest BCUT2D eigenvalue weighted by Gasteiger charge is 2.47. The van der Waals surface area contributed by atoms with E-state index in [0.29, 0.717) is 0 Å². The Bertz CT molecular complexity index is 3670. The monoisotopic (exact) mass is 791 g/mol. The zero-order valence-corrected chi connectivity index (χ0v) is 33.6. The largest absolute Gasteiger partial charge is 0.455 e. The molecule has 2 aromatic heterocycles. The van der Waals surface area contributed by atoms with Crippen molar-refractivity contribution in [2.45, 2.75) is 5.41 Å². The fourth-order valence-electron chi connectivity index (χ4n) is 10.6. The van der Waals surface area contributed by atoms with E-state index >= 15 is 0 Å². The van der Waals surface area contributed by atoms with Crippen LogP contribution in [0.15, 0.2) is 233 Å². The molecular weight excluding hydrogens is 755 g/mol. The molecular formula is C59H37NO2. The van der Waals surface area contributed by atoms with Crippen molar-refractivity contribution in [1.29, 1.82) is 0 Å². The predicted molar refractivity (Wildman–Crippen MR) is 256 cm³/mol. The summed E-state index contributed by atoms with van der Waals surface area (Å²) in [6.45, 7) is 0. The van der Waals surface area contributed by atoms with Gasteiger partial charge in [0, 0.05) is 38.2 Å². The van der Waals surface area contributed by atoms with E-state index in [-0.39, 0.29) is 0 Å². The zero-order valence-electron chi connectivity index (χ0n) is 33.6. The minimum absolute atomic E-state index is 0.550. The molecule has 0 aliphatic heterocycles. The lowest BCUT2D eigenvalue weighted by Crippen LogP contribution is -2.28. The third-order valence-corrected chi connectivity index (χ3v) is 13.1. The number of hydrogen-bond acceptors (Lipinski definition) is 3. The molecule has 0 N–H and O–H groups in total. The standard InChI is InChI=1S/C59H37NO2/c1-3-19-40(20-4-1)59(41-21-5-2-6-22-41)49-29-11-9-26-47(49)56-50(59)30-16-31-51(56)60(52-32-14-28-46-45-25-10-12-33-53(45)61-58(46)52)42-23-13-18-39(37-42)43-27-15-34-54-55(43)48-36-35-38-17-7-8-24-44(38)57(48)62-54/h1-37H. The summed E-state index contributed by atoms with van der Waals surface area (Å²) in [5.74, 6) is 0. The Kier molecular flexibility index (Phi) is 7.52. The number of benzene rings is 10. The summed E-state index contributed by atoms with van der Waals surface area (Å²) < 4.78 is 13.5. The fourth-order valence-corrected chi connectivity index (χ4v) is 10.6. The maximum atomic E-state index is 6.87. The van der Waals surface area contributed by atoms with Gasteiger partial charge in [0.15, 0.2) is 5.58 Å². The summed E-state index contributed by atoms with van der Waals surface area (Å²) in [5.41, 5.74) is 15.6. The molecule has 0 radical (unpaired) electrons. The first-order valence-electron chi connectivity index (χ1n) is 21.3. The predicted octanol–water partition coefficient (Wildman–Crippen LogP) is 16.1. The molecule has 0 atom stereocenters. The number of rotatable bonds is 6. The van der Waals surface area contributed by atoms with Gasteiger partial charge in [0.05, 0.1) is 16.8 Å². The molecule has 0 spiro atoms. The molecule has 13 rings (SSSR count). The maximum Gasteiger partial charge on any atom is 0.159 e. The normalized spacial score (nSPS) is 13.0. The van der Waals surface area contributed by atoms with Crippen molar-refractivity contribution in [3.8, 4) is 22.3 Å². The third kappa shape index (κ3) is 4.88. The van der Waals surface area contributed by atoms with Crippen LogP contribution in [0, 0.1) is 0 Å². The molecule has 3 nitrogen and oxygen atoms in total. The summed E-state index contributed by atoms with van der Waals surface area (Å²) in [7, 11) is 0. The first-order chi connectivity index (χ1) is 30.8. The van der Waals surface area contributed by atoms with E-state index in [9.17, 15) is 0 Å². The Hall–Kier alpha value is -8.14. The lowest BCUT2D eigenvalue weighted by atomic mass is 9.68. The van der Waals surface area contributed by atoms with Crippen molar-refractivity contribution in [2.24, 2.45) is 0 Å². The molecule has 62 heavy (non-hydrogen) atoms. The number of furan rings is 2. The van der Waals surface area contributed by atoms with Crippen LogP contribution < -0.4 is 4.90 Å². The summed E-state index contributed by atoms with van der Waals surface area (Å²) in [6.07, 6.45) is 0. The van der Waals surface area contributed by atoms with Gasteiger partial charge in [0.25, 0.3) is 0 Å². The van der Waals surface area contributed by atoms with Crippen LogP contribution in [0.5, 0.6) is 0 Å². The van der Waals surface area contributed by atoms with Crippen molar-refractivity contribution in [3.63, 3.8) is 0 Å². The van der Waals surface area contributed by atoms with Crippen LogP contribution in [0.2, 0.25) is 0 Å². The van der Waals surface area contributed by atoms with E-state index in [4.69, 9.17) is 8.83 Å². The highest BCUT2D eigenvalue weighted by atomic mass is 16.3. The van der Waals surface area contributed by atoms with Gasteiger partial charge in [0.2, 0.25) is 0 Å². The Morgan fingerprint density at radius 3 is 1.84 bits per heavy atom. The van der Waals surface area contributed by atoms with Gasteiger partial charge in [0.1, 0.15) is 16.7 Å². The smallest absolute Gasteiger partial charge is 0.159 e. The topological polar surface area (TPSA) is 29.5 Å². The second kappa shape index (κ2) is 13.4. The number of fused-ring (bicyclic) bond motifs is 11. The van der Waals surface area contributed by atoms with Crippen LogP contribution in [0.4, 0.5) is 17.1 Å². The first kappa shape index (κ1) is 34.7. The number of anilines is 3. The van der Waals surface area contributed by atoms with E-state index in [0.717, 1.165) is 77.5 Å². The van der Waals surface area contributed by atoms with E-state index in [1.807, 2.05) is 6.07 Å². The lowest BCUT2D eigenvalue weighted by molar-refractivity contribution is 0.669. The first-order valence-corrected chi connectivity index (χ1v) is 21.3. The highest BCUT2D eigenvalue weighted by Crippen LogP contribution is 2.60. The van der Waals surface area contributed by atoms with E-state index in [2.05, 4.69) is 223 Å². The van der Waals surface area contributed by atoms with Crippen LogP contribution in [0.1, 0.15) is 22.3 Å². The summed E-state index contributed by atoms with van der Waals surface area (Å²) in [5, 5.41) is 6.68. The van der Waals surface area contributed by atoms with Crippen LogP contribution in [0.25, 0.3) is 76.9 Å². The molecule has 290 valence electrons. The van der Waals surface area contributed by atoms with Gasteiger partial charge in [-0.3, -0.25) is 0 Å². The molecule has 0 bridgehead atoms. The summed E-state index contributed by atoms with van der Waals surface area (Å²) in [4.78, 5) is 2.43. The summed E-state index contributed by atoms with van der Waals surface area (Å²) >= 11 is 0. The maximum absolute atomic E-state index is 6.87. The average Bonchev–Trinajstić information content (AvgIpc) is 4.02. The van der Waals surface area contributed by atoms with E-state index in [1.54, 1.807) is 0 Å². The van der Waals surface area contributed by atoms with E-state index in [1.165, 1.54) is 38.8 Å². The zero-order chi connectivity index (χ0) is 40.8. The van der Waals surface area contributed by atoms with Gasteiger partial charge < -0.3 is 13.7 Å². The van der Waals surface area contributed by atoms with Gasteiger partial charge in [-0.15, -0.1) is 0 Å². The average molecular weight is 792 g/mol. The third-order valence-electron chi connectivity index (χ3n) is 13.1. The number of hydrogen-bond donors (Lipinski definition) is 0. The van der Waals surface area contributed by atoms with Crippen molar-refractivity contribution >= 4 is 71.7 Å². The van der Waals surface area contributed by atoms with Gasteiger partial charge in [-0.05, 0) is 86.8 Å². The van der Waals surface area contributed by atoms with Crippen molar-refractivity contribution in [1.82, 2.24) is 0 Å². The van der Waals surface area contributed by atoms with Crippen LogP contribution in [0.3, 0.4) is 0 Å². The fraction of sp³-hybridized carbons (Fsp3) is 0.0169. The molecule has 10 aromatic carbocycles. The molecule has 0 saturated heterocycles. The Morgan fingerprint density at radius 2 is 0.984 bits per heavy atom. The molecule has 3 heteroatoms. The Labute approximate surface area is 358 Å². The Balaban J connectivity index is 1.11. The van der Waals surface area contributed by atoms with Crippen LogP contribution in [-0.4, -0.2) is 0 Å². The lowest BCUT2D eigenvalue weighted by Gasteiger charge is -2.34. The second-order valence-electron chi connectivity index (χ2n) is 16.3. The highest BCUT2D eigenvalue weighted by molar-refractivity contribution is 6.19. The second-order valence-corrected chi connectivity index (χ2v) is 16.3. The van der Waals surface area contributed by atoms with Gasteiger partial charge in [-0.1, -0.05) is 182 Å². The van der Waals surface area contributed by atoms with Gasteiger partial charge >= 0.3 is 0 Å². The molecule has 0 fully saturated rings. The van der Waals surface area contributed by atoms with E-state index < -0.39 is 5.41 Å². The number of nitrogens with zero attached hydrogens (tertiary/aromatic N) is 1. The SMILES string of the molecule is c1ccc(C2(c3ccccc3)c3ccccc3-c3c(N(c4cccc(-c5cccc6oc7c8ccccc8ccc7c56)c4)c4cccc5c4oc4ccccc45)cccc32)cc1. The molecule has 1 aliphatic rings. The van der Waals surface area contributed by atoms with Crippen LogP contribution in [-0.2, 0) is 5.41 Å². The Morgan fingerprint density at radius 1 is 0.371 bits per heavy atom. The van der Waals surface area contributed by atoms with Crippen molar-refractivity contribution in [2.75, 3.05) is 4.90 Å². The molecule has 0 unspecified atom stereocenters. The molecule has 0 amide bonds. The molecule has 0 saturated carbocycles. The molecule has 2 heterocycles. The summed E-state index contributed by atoms with van der Waals surface area (Å²) in [6, 6.07) is 81.0. The van der Waals surface area contributed by atoms with Crippen LogP contribution >= 0.6 is 0 Å². The minimum atomic E-state index is -0.550. The minimum Gasteiger partial charge on any atom is -0.455 e. The van der Waals surface area contributed by atoms with Gasteiger partial charge in [-0.25, -0.2) is 0 Å². The molecule has 1 aliphatic carbocycles. The molecule has 12 aromatic rings. The van der Waals surface area contributed by atoms with Crippen molar-refractivity contribution in [3.05, 3.63) is 247 Å². The van der Waals surface area contributed by atoms with Gasteiger partial charge in [-0.2, -0.15) is 0 Å². The quantitative estimate of drug-likeness (QED) is 0.168. The van der Waals surface area contributed by atoms with Crippen molar-refractivity contribution < 1.29 is 8.83 Å².